The van der Waals surface area contributed by atoms with Crippen LogP contribution in [-0.4, -0.2) is 28.5 Å². The molecule has 0 aliphatic carbocycles. The molecule has 0 saturated heterocycles. The van der Waals surface area contributed by atoms with Crippen LogP contribution in [0.5, 0.6) is 0 Å². The Balaban J connectivity index is 2.95. The van der Waals surface area contributed by atoms with Crippen LogP contribution in [0.15, 0.2) is 0 Å². The van der Waals surface area contributed by atoms with Gasteiger partial charge in [-0.05, 0) is 6.42 Å². The van der Waals surface area contributed by atoms with Crippen molar-refractivity contribution in [2.75, 3.05) is 7.11 Å². The quantitative estimate of drug-likeness (QED) is 0.645. The van der Waals surface area contributed by atoms with E-state index in [1.807, 2.05) is 6.92 Å². The Kier molecular flexibility index (Phi) is 2.97. The molecule has 0 spiro atoms. The van der Waals surface area contributed by atoms with E-state index in [4.69, 9.17) is 5.73 Å². The smallest absolute Gasteiger partial charge is 0.360 e. The molecule has 0 aromatic carbocycles. The van der Waals surface area contributed by atoms with Crippen LogP contribution in [0, 0.1) is 0 Å². The van der Waals surface area contributed by atoms with Gasteiger partial charge in [0.2, 0.25) is 0 Å². The molecule has 13 heavy (non-hydrogen) atoms. The van der Waals surface area contributed by atoms with Gasteiger partial charge in [-0.3, -0.25) is 0 Å². The Morgan fingerprint density at radius 1 is 1.69 bits per heavy atom. The Morgan fingerprint density at radius 2 is 2.38 bits per heavy atom. The van der Waals surface area contributed by atoms with Crippen LogP contribution in [0.2, 0.25) is 0 Å². The maximum absolute atomic E-state index is 11.1. The normalized spacial score (nSPS) is 12.5. The molecule has 0 bridgehead atoms. The molecule has 6 heteroatoms. The van der Waals surface area contributed by atoms with Gasteiger partial charge in [0.15, 0.2) is 5.69 Å². The van der Waals surface area contributed by atoms with Gasteiger partial charge >= 0.3 is 5.97 Å². The van der Waals surface area contributed by atoms with Gasteiger partial charge in [-0.15, -0.1) is 5.10 Å². The van der Waals surface area contributed by atoms with Gasteiger partial charge in [-0.1, -0.05) is 6.92 Å². The average molecular weight is 184 g/mol. The number of carbonyl (C=O) groups is 1. The zero-order valence-electron chi connectivity index (χ0n) is 7.57. The fraction of sp³-hybridized carbons (Fsp3) is 0.571. The molecule has 1 rings (SSSR count). The van der Waals surface area contributed by atoms with Gasteiger partial charge in [0.1, 0.15) is 5.69 Å². The van der Waals surface area contributed by atoms with Crippen molar-refractivity contribution in [1.29, 1.82) is 0 Å². The number of aromatic nitrogens is 3. The van der Waals surface area contributed by atoms with E-state index in [9.17, 15) is 4.79 Å². The number of esters is 1. The lowest BCUT2D eigenvalue weighted by Crippen LogP contribution is -2.15. The SMILES string of the molecule is CCC(N)c1n[nH]nc1C(=O)OC. The summed E-state index contributed by atoms with van der Waals surface area (Å²) in [7, 11) is 1.29. The Hall–Kier alpha value is -1.43. The molecule has 0 radical (unpaired) electrons. The monoisotopic (exact) mass is 184 g/mol. The van der Waals surface area contributed by atoms with Gasteiger partial charge < -0.3 is 10.5 Å². The fourth-order valence-electron chi connectivity index (χ4n) is 0.938. The summed E-state index contributed by atoms with van der Waals surface area (Å²) in [5.74, 6) is -0.521. The molecule has 6 nitrogen and oxygen atoms in total. The summed E-state index contributed by atoms with van der Waals surface area (Å²) in [5.41, 5.74) is 6.32. The molecule has 1 unspecified atom stereocenters. The number of nitrogens with zero attached hydrogens (tertiary/aromatic N) is 2. The standard InChI is InChI=1S/C7H12N4O2/c1-3-4(8)5-6(7(12)13-2)10-11-9-5/h4H,3,8H2,1-2H3,(H,9,10,11). The van der Waals surface area contributed by atoms with Crippen molar-refractivity contribution in [3.63, 3.8) is 0 Å². The third-order valence-corrected chi connectivity index (χ3v) is 1.74. The molecule has 72 valence electrons. The van der Waals surface area contributed by atoms with Gasteiger partial charge in [0.05, 0.1) is 13.2 Å². The van der Waals surface area contributed by atoms with Crippen molar-refractivity contribution >= 4 is 5.97 Å². The van der Waals surface area contributed by atoms with Crippen molar-refractivity contribution in [3.05, 3.63) is 11.4 Å². The highest BCUT2D eigenvalue weighted by molar-refractivity contribution is 5.88. The molecule has 1 heterocycles. The van der Waals surface area contributed by atoms with E-state index in [-0.39, 0.29) is 11.7 Å². The number of nitrogens with one attached hydrogen (secondary N) is 1. The third-order valence-electron chi connectivity index (χ3n) is 1.74. The molecule has 0 saturated carbocycles. The highest BCUT2D eigenvalue weighted by Gasteiger charge is 2.20. The zero-order chi connectivity index (χ0) is 9.84. The average Bonchev–Trinajstić information content (AvgIpc) is 2.63. The first-order valence-electron chi connectivity index (χ1n) is 3.95. The number of rotatable bonds is 3. The van der Waals surface area contributed by atoms with E-state index in [2.05, 4.69) is 20.1 Å². The van der Waals surface area contributed by atoms with Crippen LogP contribution < -0.4 is 5.73 Å². The second kappa shape index (κ2) is 3.99. The molecule has 3 N–H and O–H groups in total. The molecular formula is C7H12N4O2. The summed E-state index contributed by atoms with van der Waals surface area (Å²) in [5, 5.41) is 9.81. The number of methoxy groups -OCH3 is 1. The van der Waals surface area contributed by atoms with E-state index in [1.165, 1.54) is 7.11 Å². The summed E-state index contributed by atoms with van der Waals surface area (Å²) < 4.78 is 4.51. The van der Waals surface area contributed by atoms with E-state index < -0.39 is 5.97 Å². The van der Waals surface area contributed by atoms with Gasteiger partial charge in [0.25, 0.3) is 0 Å². The molecule has 0 amide bonds. The highest BCUT2D eigenvalue weighted by atomic mass is 16.5. The van der Waals surface area contributed by atoms with Crippen molar-refractivity contribution in [2.45, 2.75) is 19.4 Å². The predicted octanol–water partition coefficient (Wildman–Crippen LogP) is 0.00110. The Bertz CT molecular complexity index is 296. The van der Waals surface area contributed by atoms with Gasteiger partial charge in [0, 0.05) is 0 Å². The lowest BCUT2D eigenvalue weighted by atomic mass is 10.1. The van der Waals surface area contributed by atoms with Crippen LogP contribution >= 0.6 is 0 Å². The summed E-state index contributed by atoms with van der Waals surface area (Å²) in [4.78, 5) is 11.1. The van der Waals surface area contributed by atoms with E-state index >= 15 is 0 Å². The largest absolute Gasteiger partial charge is 0.464 e. The van der Waals surface area contributed by atoms with Crippen LogP contribution in [0.1, 0.15) is 35.6 Å². The van der Waals surface area contributed by atoms with E-state index in [1.54, 1.807) is 0 Å². The van der Waals surface area contributed by atoms with Gasteiger partial charge in [-0.25, -0.2) is 4.79 Å². The highest BCUT2D eigenvalue weighted by Crippen LogP contribution is 2.13. The number of nitrogens with two attached hydrogens (primary N) is 1. The topological polar surface area (TPSA) is 93.9 Å². The molecular weight excluding hydrogens is 172 g/mol. The first-order valence-corrected chi connectivity index (χ1v) is 3.95. The van der Waals surface area contributed by atoms with Crippen molar-refractivity contribution < 1.29 is 9.53 Å². The lowest BCUT2D eigenvalue weighted by molar-refractivity contribution is 0.0592. The maximum Gasteiger partial charge on any atom is 0.360 e. The number of hydrogen-bond acceptors (Lipinski definition) is 5. The summed E-state index contributed by atoms with van der Waals surface area (Å²) in [6.45, 7) is 1.90. The molecule has 0 aliphatic rings. The second-order valence-electron chi connectivity index (χ2n) is 2.56. The fourth-order valence-corrected chi connectivity index (χ4v) is 0.938. The van der Waals surface area contributed by atoms with Crippen LogP contribution in [0.25, 0.3) is 0 Å². The lowest BCUT2D eigenvalue weighted by Gasteiger charge is -2.04. The Morgan fingerprint density at radius 3 is 2.92 bits per heavy atom. The third kappa shape index (κ3) is 1.83. The minimum absolute atomic E-state index is 0.164. The van der Waals surface area contributed by atoms with Crippen molar-refractivity contribution in [3.8, 4) is 0 Å². The predicted molar refractivity (Wildman–Crippen MR) is 44.9 cm³/mol. The number of carbonyl (C=O) groups excluding carboxylic acids is 1. The van der Waals surface area contributed by atoms with E-state index in [0.29, 0.717) is 12.1 Å². The van der Waals surface area contributed by atoms with Crippen molar-refractivity contribution in [2.24, 2.45) is 5.73 Å². The molecule has 1 atom stereocenters. The minimum atomic E-state index is -0.521. The maximum atomic E-state index is 11.1. The molecule has 0 aliphatic heterocycles. The Labute approximate surface area is 75.5 Å². The number of ether oxygens (including phenoxy) is 1. The molecule has 1 aromatic rings. The van der Waals surface area contributed by atoms with Crippen LogP contribution in [0.4, 0.5) is 0 Å². The molecule has 0 fully saturated rings. The summed E-state index contributed by atoms with van der Waals surface area (Å²) in [6, 6.07) is -0.284. The first kappa shape index (κ1) is 9.66. The summed E-state index contributed by atoms with van der Waals surface area (Å²) in [6.07, 6.45) is 0.691. The first-order chi connectivity index (χ1) is 6.20. The van der Waals surface area contributed by atoms with E-state index in [0.717, 1.165) is 0 Å². The summed E-state index contributed by atoms with van der Waals surface area (Å²) >= 11 is 0. The molecule has 1 aromatic heterocycles. The van der Waals surface area contributed by atoms with Gasteiger partial charge in [-0.2, -0.15) is 10.3 Å². The van der Waals surface area contributed by atoms with Crippen molar-refractivity contribution in [1.82, 2.24) is 15.4 Å². The number of aromatic amines is 1. The second-order valence-corrected chi connectivity index (χ2v) is 2.56. The zero-order valence-corrected chi connectivity index (χ0v) is 7.57. The van der Waals surface area contributed by atoms with Crippen LogP contribution in [-0.2, 0) is 4.74 Å². The number of H-pyrrole nitrogens is 1. The van der Waals surface area contributed by atoms with Crippen LogP contribution in [0.3, 0.4) is 0 Å². The number of hydrogen-bond donors (Lipinski definition) is 2. The minimum Gasteiger partial charge on any atom is -0.464 e.